The van der Waals surface area contributed by atoms with Crippen LogP contribution < -0.4 is 10.5 Å². The number of nitrogens with one attached hydrogen (secondary N) is 1. The van der Waals surface area contributed by atoms with Crippen LogP contribution in [-0.4, -0.2) is 36.4 Å². The quantitative estimate of drug-likeness (QED) is 0.787. The molecule has 0 amide bonds. The van der Waals surface area contributed by atoms with E-state index in [-0.39, 0.29) is 9.88 Å². The maximum atomic E-state index is 12.1. The predicted molar refractivity (Wildman–Crippen MR) is 85.4 cm³/mol. The van der Waals surface area contributed by atoms with Gasteiger partial charge in [0.15, 0.2) is 0 Å². The van der Waals surface area contributed by atoms with Crippen molar-refractivity contribution in [3.05, 3.63) is 24.0 Å². The van der Waals surface area contributed by atoms with E-state index in [9.17, 15) is 8.42 Å². The first-order valence-electron chi connectivity index (χ1n) is 6.32. The predicted octanol–water partition coefficient (Wildman–Crippen LogP) is 1.14. The number of hydrogen-bond donors (Lipinski definition) is 2. The Kier molecular flexibility index (Phi) is 5.36. The Balaban J connectivity index is 2.00. The molecule has 3 N–H and O–H groups in total. The normalized spacial score (nSPS) is 17.0. The van der Waals surface area contributed by atoms with Crippen molar-refractivity contribution in [2.45, 2.75) is 17.7 Å². The monoisotopic (exact) mass is 331 g/mol. The minimum atomic E-state index is -3.51. The van der Waals surface area contributed by atoms with Gasteiger partial charge >= 0.3 is 0 Å². The summed E-state index contributed by atoms with van der Waals surface area (Å²) in [7, 11) is -3.51. The van der Waals surface area contributed by atoms with Gasteiger partial charge in [-0.2, -0.15) is 11.8 Å². The highest BCUT2D eigenvalue weighted by atomic mass is 32.2. The molecule has 110 valence electrons. The third-order valence-electron chi connectivity index (χ3n) is 3.20. The van der Waals surface area contributed by atoms with E-state index in [0.717, 1.165) is 24.3 Å². The van der Waals surface area contributed by atoms with Gasteiger partial charge in [0.2, 0.25) is 10.0 Å². The van der Waals surface area contributed by atoms with Crippen molar-refractivity contribution in [1.29, 1.82) is 0 Å². The largest absolute Gasteiger partial charge is 0.388 e. The fourth-order valence-corrected chi connectivity index (χ4v) is 4.33. The van der Waals surface area contributed by atoms with Crippen molar-refractivity contribution in [2.24, 2.45) is 11.7 Å². The van der Waals surface area contributed by atoms with Gasteiger partial charge in [-0.05, 0) is 42.4 Å². The first-order valence-corrected chi connectivity index (χ1v) is 9.37. The highest BCUT2D eigenvalue weighted by Crippen LogP contribution is 2.22. The van der Waals surface area contributed by atoms with Crippen LogP contribution in [0.3, 0.4) is 0 Å². The second-order valence-corrected chi connectivity index (χ2v) is 8.08. The van der Waals surface area contributed by atoms with Gasteiger partial charge in [0.1, 0.15) is 9.88 Å². The third-order valence-corrected chi connectivity index (χ3v) is 5.87. The molecule has 0 aromatic carbocycles. The van der Waals surface area contributed by atoms with Crippen molar-refractivity contribution in [3.8, 4) is 0 Å². The van der Waals surface area contributed by atoms with E-state index in [2.05, 4.69) is 9.71 Å². The topological polar surface area (TPSA) is 85.1 Å². The number of thioether (sulfide) groups is 1. The zero-order chi connectivity index (χ0) is 14.6. The van der Waals surface area contributed by atoms with Crippen LogP contribution in [0, 0.1) is 5.92 Å². The van der Waals surface area contributed by atoms with E-state index < -0.39 is 10.0 Å². The van der Waals surface area contributed by atoms with Crippen molar-refractivity contribution in [3.63, 3.8) is 0 Å². The van der Waals surface area contributed by atoms with E-state index in [1.54, 1.807) is 0 Å². The lowest BCUT2D eigenvalue weighted by Gasteiger charge is -2.21. The van der Waals surface area contributed by atoms with Crippen molar-refractivity contribution >= 4 is 39.0 Å². The number of thiocarbonyl (C=S) groups is 1. The summed E-state index contributed by atoms with van der Waals surface area (Å²) in [6, 6.07) is 2.99. The Labute approximate surface area is 128 Å². The molecule has 1 aromatic rings. The van der Waals surface area contributed by atoms with Gasteiger partial charge < -0.3 is 5.73 Å². The summed E-state index contributed by atoms with van der Waals surface area (Å²) in [6.45, 7) is 0.486. The summed E-state index contributed by atoms with van der Waals surface area (Å²) < 4.78 is 26.9. The maximum Gasteiger partial charge on any atom is 0.242 e. The molecule has 0 aliphatic carbocycles. The molecule has 0 spiro atoms. The van der Waals surface area contributed by atoms with Crippen LogP contribution in [0.4, 0.5) is 0 Å². The zero-order valence-electron chi connectivity index (χ0n) is 10.9. The van der Waals surface area contributed by atoms with Crippen LogP contribution >= 0.6 is 24.0 Å². The van der Waals surface area contributed by atoms with Gasteiger partial charge in [-0.15, -0.1) is 0 Å². The standard InChI is InChI=1S/C12H17N3O2S3/c13-12(18)11-2-1-10(8-14-11)20(16,17)15-7-9-3-5-19-6-4-9/h1-2,8-9,15H,3-7H2,(H2,13,18). The lowest BCUT2D eigenvalue weighted by Crippen LogP contribution is -2.31. The number of sulfonamides is 1. The molecule has 0 radical (unpaired) electrons. The molecule has 0 bridgehead atoms. The number of pyridine rings is 1. The number of aromatic nitrogens is 1. The number of rotatable bonds is 5. The van der Waals surface area contributed by atoms with Gasteiger partial charge in [-0.1, -0.05) is 12.2 Å². The summed E-state index contributed by atoms with van der Waals surface area (Å²) in [5.41, 5.74) is 5.85. The first kappa shape index (κ1) is 15.7. The number of hydrogen-bond acceptors (Lipinski definition) is 5. The second-order valence-electron chi connectivity index (χ2n) is 4.65. The number of nitrogens with zero attached hydrogens (tertiary/aromatic N) is 1. The highest BCUT2D eigenvalue weighted by molar-refractivity contribution is 7.99. The van der Waals surface area contributed by atoms with Crippen LogP contribution in [0.15, 0.2) is 23.2 Å². The molecule has 1 aliphatic rings. The lowest BCUT2D eigenvalue weighted by molar-refractivity contribution is 0.476. The Morgan fingerprint density at radius 1 is 1.45 bits per heavy atom. The van der Waals surface area contributed by atoms with Gasteiger partial charge in [0.25, 0.3) is 0 Å². The van der Waals surface area contributed by atoms with Crippen LogP contribution in [0.2, 0.25) is 0 Å². The summed E-state index contributed by atoms with van der Waals surface area (Å²) in [5, 5.41) is 0. The Morgan fingerprint density at radius 3 is 2.70 bits per heavy atom. The molecule has 5 nitrogen and oxygen atoms in total. The second kappa shape index (κ2) is 6.84. The summed E-state index contributed by atoms with van der Waals surface area (Å²) >= 11 is 6.71. The van der Waals surface area contributed by atoms with Gasteiger partial charge in [0, 0.05) is 12.7 Å². The molecule has 0 unspecified atom stereocenters. The third kappa shape index (κ3) is 4.15. The van der Waals surface area contributed by atoms with E-state index in [0.29, 0.717) is 18.2 Å². The molecule has 1 fully saturated rings. The van der Waals surface area contributed by atoms with E-state index >= 15 is 0 Å². The molecule has 1 aromatic heterocycles. The summed E-state index contributed by atoms with van der Waals surface area (Å²) in [5.74, 6) is 2.64. The molecular formula is C12H17N3O2S3. The molecule has 0 saturated carbocycles. The average Bonchev–Trinajstić information content (AvgIpc) is 2.46. The average molecular weight is 331 g/mol. The van der Waals surface area contributed by atoms with Gasteiger partial charge in [-0.3, -0.25) is 4.98 Å². The SMILES string of the molecule is NC(=S)c1ccc(S(=O)(=O)NCC2CCSCC2)cn1. The van der Waals surface area contributed by atoms with Gasteiger partial charge in [-0.25, -0.2) is 13.1 Å². The highest BCUT2D eigenvalue weighted by Gasteiger charge is 2.19. The Bertz CT molecular complexity index is 566. The Hall–Kier alpha value is -0.700. The van der Waals surface area contributed by atoms with E-state index in [4.69, 9.17) is 18.0 Å². The molecule has 2 heterocycles. The number of nitrogens with two attached hydrogens (primary N) is 1. The molecule has 1 saturated heterocycles. The molecule has 1 aliphatic heterocycles. The smallest absolute Gasteiger partial charge is 0.242 e. The molecule has 20 heavy (non-hydrogen) atoms. The lowest BCUT2D eigenvalue weighted by atomic mass is 10.0. The minimum Gasteiger partial charge on any atom is -0.388 e. The van der Waals surface area contributed by atoms with Crippen molar-refractivity contribution < 1.29 is 8.42 Å². The first-order chi connectivity index (χ1) is 9.49. The van der Waals surface area contributed by atoms with Crippen LogP contribution in [0.25, 0.3) is 0 Å². The molecule has 8 heteroatoms. The summed E-state index contributed by atoms with van der Waals surface area (Å²) in [6.07, 6.45) is 3.41. The zero-order valence-corrected chi connectivity index (χ0v) is 13.4. The van der Waals surface area contributed by atoms with Crippen LogP contribution in [0.1, 0.15) is 18.5 Å². The maximum absolute atomic E-state index is 12.1. The fraction of sp³-hybridized carbons (Fsp3) is 0.500. The van der Waals surface area contributed by atoms with Gasteiger partial charge in [0.05, 0.1) is 5.69 Å². The molecule has 0 atom stereocenters. The van der Waals surface area contributed by atoms with Crippen molar-refractivity contribution in [2.75, 3.05) is 18.1 Å². The van der Waals surface area contributed by atoms with Crippen LogP contribution in [-0.2, 0) is 10.0 Å². The minimum absolute atomic E-state index is 0.141. The Morgan fingerprint density at radius 2 is 2.15 bits per heavy atom. The fourth-order valence-electron chi connectivity index (χ4n) is 1.95. The molecular weight excluding hydrogens is 314 g/mol. The molecule has 2 rings (SSSR count). The van der Waals surface area contributed by atoms with Crippen molar-refractivity contribution in [1.82, 2.24) is 9.71 Å². The van der Waals surface area contributed by atoms with Crippen LogP contribution in [0.5, 0.6) is 0 Å². The van der Waals surface area contributed by atoms with E-state index in [1.807, 2.05) is 11.8 Å². The summed E-state index contributed by atoms with van der Waals surface area (Å²) in [4.78, 5) is 4.25. The van der Waals surface area contributed by atoms with E-state index in [1.165, 1.54) is 18.3 Å².